The van der Waals surface area contributed by atoms with E-state index < -0.39 is 18.0 Å². The quantitative estimate of drug-likeness (QED) is 0.677. The Morgan fingerprint density at radius 1 is 1.15 bits per heavy atom. The normalized spacial score (nSPS) is 14.1. The van der Waals surface area contributed by atoms with Gasteiger partial charge in [0.2, 0.25) is 6.10 Å². The van der Waals surface area contributed by atoms with Crippen molar-refractivity contribution in [3.05, 3.63) is 60.2 Å². The van der Waals surface area contributed by atoms with E-state index in [2.05, 4.69) is 20.6 Å². The molecule has 2 aromatic rings. The maximum absolute atomic E-state index is 12.4. The molecule has 1 aromatic heterocycles. The van der Waals surface area contributed by atoms with E-state index in [9.17, 15) is 14.4 Å². The first-order valence-corrected chi connectivity index (χ1v) is 8.72. The van der Waals surface area contributed by atoms with Gasteiger partial charge < -0.3 is 15.4 Å². The van der Waals surface area contributed by atoms with Gasteiger partial charge in [-0.1, -0.05) is 30.3 Å². The highest BCUT2D eigenvalue weighted by atomic mass is 16.5. The van der Waals surface area contributed by atoms with Crippen LogP contribution in [0.2, 0.25) is 0 Å². The van der Waals surface area contributed by atoms with Crippen molar-refractivity contribution in [3.63, 3.8) is 0 Å². The minimum atomic E-state index is -1.00. The fourth-order valence-electron chi connectivity index (χ4n) is 2.38. The number of hydrogen-bond acceptors (Lipinski definition) is 6. The molecule has 0 unspecified atom stereocenters. The predicted octanol–water partition coefficient (Wildman–Crippen LogP) is 1.16. The van der Waals surface area contributed by atoms with E-state index in [1.807, 2.05) is 6.07 Å². The van der Waals surface area contributed by atoms with Gasteiger partial charge in [0, 0.05) is 30.5 Å². The summed E-state index contributed by atoms with van der Waals surface area (Å²) in [6.45, 7) is 0.0694. The molecule has 140 valence electrons. The second-order valence-corrected chi connectivity index (χ2v) is 6.16. The van der Waals surface area contributed by atoms with Gasteiger partial charge in [-0.3, -0.25) is 19.4 Å². The standard InChI is InChI=1S/C19H20N4O4/c24-16(8-9-22-18(25)15-12-20-10-11-21-15)27-17(13-4-2-1-3-5-13)19(26)23-14-6-7-14/h1-5,10-12,14,17H,6-9H2,(H,22,25)(H,23,26)/t17-/m0/s1. The van der Waals surface area contributed by atoms with Crippen LogP contribution in [0.25, 0.3) is 0 Å². The zero-order valence-corrected chi connectivity index (χ0v) is 14.6. The zero-order valence-electron chi connectivity index (χ0n) is 14.6. The molecular formula is C19H20N4O4. The van der Waals surface area contributed by atoms with Crippen molar-refractivity contribution in [2.24, 2.45) is 0 Å². The Bertz CT molecular complexity index is 794. The Kier molecular flexibility index (Phi) is 6.09. The first kappa shape index (κ1) is 18.5. The number of nitrogens with one attached hydrogen (secondary N) is 2. The first-order chi connectivity index (χ1) is 13.1. The third-order valence-electron chi connectivity index (χ3n) is 3.92. The molecule has 1 fully saturated rings. The van der Waals surface area contributed by atoms with Crippen LogP contribution in [0.4, 0.5) is 0 Å². The number of ether oxygens (including phenoxy) is 1. The molecule has 1 aromatic carbocycles. The van der Waals surface area contributed by atoms with Crippen molar-refractivity contribution in [2.45, 2.75) is 31.4 Å². The highest BCUT2D eigenvalue weighted by Crippen LogP contribution is 2.23. The van der Waals surface area contributed by atoms with Crippen LogP contribution in [-0.4, -0.2) is 40.3 Å². The molecule has 8 nitrogen and oxygen atoms in total. The Balaban J connectivity index is 1.52. The summed E-state index contributed by atoms with van der Waals surface area (Å²) >= 11 is 0. The van der Waals surface area contributed by atoms with Crippen LogP contribution >= 0.6 is 0 Å². The average Bonchev–Trinajstić information content (AvgIpc) is 3.51. The number of benzene rings is 1. The van der Waals surface area contributed by atoms with Crippen molar-refractivity contribution in [2.75, 3.05) is 6.54 Å². The highest BCUT2D eigenvalue weighted by Gasteiger charge is 2.30. The molecule has 0 bridgehead atoms. The van der Waals surface area contributed by atoms with Gasteiger partial charge in [-0.25, -0.2) is 4.98 Å². The number of rotatable bonds is 8. The van der Waals surface area contributed by atoms with Crippen LogP contribution in [-0.2, 0) is 14.3 Å². The summed E-state index contributed by atoms with van der Waals surface area (Å²) in [6.07, 6.45) is 5.02. The summed E-state index contributed by atoms with van der Waals surface area (Å²) in [5.74, 6) is -1.34. The number of aromatic nitrogens is 2. The maximum atomic E-state index is 12.4. The fourth-order valence-corrected chi connectivity index (χ4v) is 2.38. The summed E-state index contributed by atoms with van der Waals surface area (Å²) in [5, 5.41) is 5.42. The predicted molar refractivity (Wildman–Crippen MR) is 95.4 cm³/mol. The molecule has 0 spiro atoms. The second kappa shape index (κ2) is 8.88. The lowest BCUT2D eigenvalue weighted by Gasteiger charge is -2.18. The molecule has 1 saturated carbocycles. The monoisotopic (exact) mass is 368 g/mol. The van der Waals surface area contributed by atoms with E-state index >= 15 is 0 Å². The van der Waals surface area contributed by atoms with E-state index in [4.69, 9.17) is 4.74 Å². The van der Waals surface area contributed by atoms with E-state index in [0.717, 1.165) is 12.8 Å². The van der Waals surface area contributed by atoms with Gasteiger partial charge in [0.05, 0.1) is 12.6 Å². The van der Waals surface area contributed by atoms with E-state index in [1.165, 1.54) is 18.6 Å². The molecular weight excluding hydrogens is 348 g/mol. The van der Waals surface area contributed by atoms with Gasteiger partial charge in [-0.15, -0.1) is 0 Å². The lowest BCUT2D eigenvalue weighted by Crippen LogP contribution is -2.34. The molecule has 1 heterocycles. The van der Waals surface area contributed by atoms with Crippen LogP contribution in [0, 0.1) is 0 Å². The summed E-state index contributed by atoms with van der Waals surface area (Å²) < 4.78 is 5.38. The summed E-state index contributed by atoms with van der Waals surface area (Å²) in [5.41, 5.74) is 0.768. The Labute approximate surface area is 156 Å². The number of carbonyl (C=O) groups is 3. The summed E-state index contributed by atoms with van der Waals surface area (Å²) in [4.78, 5) is 44.2. The smallest absolute Gasteiger partial charge is 0.308 e. The highest BCUT2D eigenvalue weighted by molar-refractivity contribution is 5.92. The minimum Gasteiger partial charge on any atom is -0.447 e. The fraction of sp³-hybridized carbons (Fsp3) is 0.316. The van der Waals surface area contributed by atoms with Gasteiger partial charge >= 0.3 is 5.97 Å². The van der Waals surface area contributed by atoms with Crippen molar-refractivity contribution >= 4 is 17.8 Å². The largest absolute Gasteiger partial charge is 0.447 e. The number of carbonyl (C=O) groups excluding carboxylic acids is 3. The van der Waals surface area contributed by atoms with Crippen molar-refractivity contribution in [1.82, 2.24) is 20.6 Å². The van der Waals surface area contributed by atoms with Crippen molar-refractivity contribution in [1.29, 1.82) is 0 Å². The molecule has 2 N–H and O–H groups in total. The number of hydrogen-bond donors (Lipinski definition) is 2. The molecule has 2 amide bonds. The molecule has 1 atom stereocenters. The third-order valence-corrected chi connectivity index (χ3v) is 3.92. The van der Waals surface area contributed by atoms with Gasteiger partial charge in [0.15, 0.2) is 0 Å². The molecule has 0 aliphatic heterocycles. The second-order valence-electron chi connectivity index (χ2n) is 6.16. The molecule has 1 aliphatic carbocycles. The van der Waals surface area contributed by atoms with Gasteiger partial charge in [-0.05, 0) is 12.8 Å². The maximum Gasteiger partial charge on any atom is 0.308 e. The van der Waals surface area contributed by atoms with E-state index in [0.29, 0.717) is 5.56 Å². The number of amides is 2. The Morgan fingerprint density at radius 2 is 1.93 bits per heavy atom. The van der Waals surface area contributed by atoms with Crippen LogP contribution in [0.15, 0.2) is 48.9 Å². The number of nitrogens with zero attached hydrogens (tertiary/aromatic N) is 2. The van der Waals surface area contributed by atoms with Gasteiger partial charge in [0.1, 0.15) is 5.69 Å². The van der Waals surface area contributed by atoms with Gasteiger partial charge in [0.25, 0.3) is 11.8 Å². The minimum absolute atomic E-state index is 0.0634. The molecule has 0 saturated heterocycles. The topological polar surface area (TPSA) is 110 Å². The SMILES string of the molecule is O=C(CCNC(=O)c1cnccn1)O[C@H](C(=O)NC1CC1)c1ccccc1. The van der Waals surface area contributed by atoms with Crippen molar-refractivity contribution < 1.29 is 19.1 Å². The molecule has 0 radical (unpaired) electrons. The van der Waals surface area contributed by atoms with Crippen LogP contribution in [0.1, 0.15) is 41.4 Å². The van der Waals surface area contributed by atoms with Crippen LogP contribution < -0.4 is 10.6 Å². The Morgan fingerprint density at radius 3 is 2.59 bits per heavy atom. The van der Waals surface area contributed by atoms with E-state index in [1.54, 1.807) is 24.3 Å². The Hall–Kier alpha value is -3.29. The number of esters is 1. The molecule has 3 rings (SSSR count). The van der Waals surface area contributed by atoms with E-state index in [-0.39, 0.29) is 30.6 Å². The van der Waals surface area contributed by atoms with Crippen LogP contribution in [0.5, 0.6) is 0 Å². The first-order valence-electron chi connectivity index (χ1n) is 8.72. The third kappa shape index (κ3) is 5.60. The summed E-state index contributed by atoms with van der Waals surface area (Å²) in [6, 6.07) is 9.02. The van der Waals surface area contributed by atoms with Gasteiger partial charge in [-0.2, -0.15) is 0 Å². The lowest BCUT2D eigenvalue weighted by molar-refractivity contribution is -0.156. The average molecular weight is 368 g/mol. The molecule has 27 heavy (non-hydrogen) atoms. The molecule has 1 aliphatic rings. The van der Waals surface area contributed by atoms with Crippen molar-refractivity contribution in [3.8, 4) is 0 Å². The molecule has 8 heteroatoms. The lowest BCUT2D eigenvalue weighted by atomic mass is 10.1. The zero-order chi connectivity index (χ0) is 19.1. The van der Waals surface area contributed by atoms with Crippen LogP contribution in [0.3, 0.4) is 0 Å². The summed E-state index contributed by atoms with van der Waals surface area (Å²) in [7, 11) is 0.